The SMILES string of the molecule is COc1cc([C@H]2OC[C@@H]3[C@H]2CO[C@H]3c2cc(OC)c(O)c(OC)c2)cc(OC)c1O. The van der Waals surface area contributed by atoms with E-state index in [9.17, 15) is 10.2 Å². The van der Waals surface area contributed by atoms with Gasteiger partial charge in [0.1, 0.15) is 0 Å². The van der Waals surface area contributed by atoms with Crippen molar-refractivity contribution < 1.29 is 38.6 Å². The molecule has 2 saturated heterocycles. The zero-order chi connectivity index (χ0) is 21.4. The standard InChI is InChI=1S/C22H26O8/c1-25-15-5-11(6-16(26-2)19(15)23)21-13-9-30-22(14(13)10-29-21)12-7-17(27-3)20(24)18(8-12)28-4/h5-8,13-14,21-24H,9-10H2,1-4H3/t13-,14-,21-,22+/m1/s1. The fraction of sp³-hybridized carbons (Fsp3) is 0.455. The smallest absolute Gasteiger partial charge is 0.200 e. The molecule has 2 aliphatic heterocycles. The first-order valence-electron chi connectivity index (χ1n) is 9.65. The zero-order valence-corrected chi connectivity index (χ0v) is 17.4. The molecule has 2 aromatic carbocycles. The van der Waals surface area contributed by atoms with E-state index in [1.54, 1.807) is 24.3 Å². The number of phenols is 2. The first kappa shape index (κ1) is 20.4. The Balaban J connectivity index is 1.63. The maximum Gasteiger partial charge on any atom is 0.200 e. The second-order valence-electron chi connectivity index (χ2n) is 7.38. The number of ether oxygens (including phenoxy) is 6. The molecule has 8 nitrogen and oxygen atoms in total. The summed E-state index contributed by atoms with van der Waals surface area (Å²) in [6.07, 6.45) is -0.436. The van der Waals surface area contributed by atoms with E-state index in [-0.39, 0.29) is 35.5 Å². The fourth-order valence-corrected chi connectivity index (χ4v) is 4.39. The van der Waals surface area contributed by atoms with Gasteiger partial charge in [-0.25, -0.2) is 0 Å². The van der Waals surface area contributed by atoms with Crippen LogP contribution in [0, 0.1) is 11.8 Å². The maximum absolute atomic E-state index is 10.2. The van der Waals surface area contributed by atoms with Gasteiger partial charge in [-0.3, -0.25) is 0 Å². The summed E-state index contributed by atoms with van der Waals surface area (Å²) >= 11 is 0. The van der Waals surface area contributed by atoms with E-state index in [0.717, 1.165) is 11.1 Å². The Morgan fingerprint density at radius 3 is 1.20 bits per heavy atom. The van der Waals surface area contributed by atoms with Gasteiger partial charge in [-0.15, -0.1) is 0 Å². The number of aromatic hydroxyl groups is 2. The van der Waals surface area contributed by atoms with Crippen molar-refractivity contribution in [2.24, 2.45) is 11.8 Å². The van der Waals surface area contributed by atoms with Gasteiger partial charge in [0.25, 0.3) is 0 Å². The van der Waals surface area contributed by atoms with E-state index >= 15 is 0 Å². The lowest BCUT2D eigenvalue weighted by atomic mass is 9.84. The topological polar surface area (TPSA) is 95.8 Å². The van der Waals surface area contributed by atoms with Crippen LogP contribution >= 0.6 is 0 Å². The Kier molecular flexibility index (Phi) is 5.53. The number of fused-ring (bicyclic) bond motifs is 1. The Morgan fingerprint density at radius 2 is 0.933 bits per heavy atom. The average Bonchev–Trinajstić information content (AvgIpc) is 3.36. The summed E-state index contributed by atoms with van der Waals surface area (Å²) in [5.41, 5.74) is 1.72. The highest BCUT2D eigenvalue weighted by atomic mass is 16.5. The van der Waals surface area contributed by atoms with E-state index in [2.05, 4.69) is 0 Å². The van der Waals surface area contributed by atoms with Crippen molar-refractivity contribution in [3.63, 3.8) is 0 Å². The predicted octanol–water partition coefficient (Wildman–Crippen LogP) is 3.21. The summed E-state index contributed by atoms with van der Waals surface area (Å²) in [5, 5.41) is 20.4. The number of benzene rings is 2. The molecule has 162 valence electrons. The first-order valence-corrected chi connectivity index (χ1v) is 9.65. The van der Waals surface area contributed by atoms with Crippen LogP contribution < -0.4 is 18.9 Å². The highest BCUT2D eigenvalue weighted by molar-refractivity contribution is 5.54. The molecule has 2 fully saturated rings. The second-order valence-corrected chi connectivity index (χ2v) is 7.38. The van der Waals surface area contributed by atoms with E-state index in [0.29, 0.717) is 36.2 Å². The summed E-state index contributed by atoms with van der Waals surface area (Å²) in [7, 11) is 5.99. The molecule has 4 rings (SSSR count). The Morgan fingerprint density at radius 1 is 0.633 bits per heavy atom. The third-order valence-electron chi connectivity index (χ3n) is 5.93. The van der Waals surface area contributed by atoms with Crippen LogP contribution in [0.15, 0.2) is 24.3 Å². The molecule has 2 heterocycles. The fourth-order valence-electron chi connectivity index (χ4n) is 4.39. The lowest BCUT2D eigenvalue weighted by molar-refractivity contribution is 0.0190. The van der Waals surface area contributed by atoms with Crippen molar-refractivity contribution in [1.82, 2.24) is 0 Å². The third-order valence-corrected chi connectivity index (χ3v) is 5.93. The predicted molar refractivity (Wildman–Crippen MR) is 107 cm³/mol. The highest BCUT2D eigenvalue weighted by Gasteiger charge is 2.48. The van der Waals surface area contributed by atoms with Crippen LogP contribution in [0.4, 0.5) is 0 Å². The van der Waals surface area contributed by atoms with E-state index in [1.165, 1.54) is 28.4 Å². The lowest BCUT2D eigenvalue weighted by Crippen LogP contribution is -2.15. The normalized spacial score (nSPS) is 25.1. The van der Waals surface area contributed by atoms with Gasteiger partial charge < -0.3 is 38.6 Å². The minimum absolute atomic E-state index is 0.0397. The summed E-state index contributed by atoms with van der Waals surface area (Å²) in [4.78, 5) is 0. The van der Waals surface area contributed by atoms with Crippen molar-refractivity contribution in [3.05, 3.63) is 35.4 Å². The molecule has 0 spiro atoms. The van der Waals surface area contributed by atoms with Crippen LogP contribution in [0.1, 0.15) is 23.3 Å². The molecule has 2 N–H and O–H groups in total. The lowest BCUT2D eigenvalue weighted by Gasteiger charge is -2.19. The van der Waals surface area contributed by atoms with Crippen LogP contribution in [0.5, 0.6) is 34.5 Å². The van der Waals surface area contributed by atoms with Gasteiger partial charge in [-0.1, -0.05) is 0 Å². The van der Waals surface area contributed by atoms with Crippen molar-refractivity contribution in [3.8, 4) is 34.5 Å². The number of hydrogen-bond acceptors (Lipinski definition) is 8. The van der Waals surface area contributed by atoms with Gasteiger partial charge in [0.15, 0.2) is 23.0 Å². The molecule has 30 heavy (non-hydrogen) atoms. The van der Waals surface area contributed by atoms with Gasteiger partial charge in [-0.2, -0.15) is 0 Å². The largest absolute Gasteiger partial charge is 0.502 e. The van der Waals surface area contributed by atoms with Crippen molar-refractivity contribution in [2.45, 2.75) is 12.2 Å². The number of hydrogen-bond donors (Lipinski definition) is 2. The van der Waals surface area contributed by atoms with Crippen LogP contribution in [0.3, 0.4) is 0 Å². The minimum Gasteiger partial charge on any atom is -0.502 e. The molecule has 0 amide bonds. The molecular weight excluding hydrogens is 392 g/mol. The molecule has 0 saturated carbocycles. The van der Waals surface area contributed by atoms with Crippen molar-refractivity contribution in [1.29, 1.82) is 0 Å². The van der Waals surface area contributed by atoms with Gasteiger partial charge >= 0.3 is 0 Å². The van der Waals surface area contributed by atoms with Gasteiger partial charge in [0, 0.05) is 11.8 Å². The quantitative estimate of drug-likeness (QED) is 0.738. The molecule has 0 unspecified atom stereocenters. The van der Waals surface area contributed by atoms with Gasteiger partial charge in [0.2, 0.25) is 11.5 Å². The summed E-state index contributed by atoms with van der Waals surface area (Å²) < 4.78 is 33.4. The maximum atomic E-state index is 10.2. The minimum atomic E-state index is -0.218. The first-order chi connectivity index (χ1) is 14.5. The Hall–Kier alpha value is -2.84. The van der Waals surface area contributed by atoms with Gasteiger partial charge in [0.05, 0.1) is 53.9 Å². The van der Waals surface area contributed by atoms with Crippen LogP contribution in [0.25, 0.3) is 0 Å². The number of methoxy groups -OCH3 is 4. The summed E-state index contributed by atoms with van der Waals surface area (Å²) in [6, 6.07) is 7.07. The number of rotatable bonds is 6. The van der Waals surface area contributed by atoms with Crippen molar-refractivity contribution >= 4 is 0 Å². The van der Waals surface area contributed by atoms with Crippen LogP contribution in [-0.2, 0) is 9.47 Å². The van der Waals surface area contributed by atoms with E-state index < -0.39 is 0 Å². The highest BCUT2D eigenvalue weighted by Crippen LogP contribution is 2.53. The average molecular weight is 418 g/mol. The third kappa shape index (κ3) is 3.26. The van der Waals surface area contributed by atoms with Gasteiger partial charge in [-0.05, 0) is 35.4 Å². The molecule has 0 radical (unpaired) electrons. The second kappa shape index (κ2) is 8.12. The van der Waals surface area contributed by atoms with Crippen molar-refractivity contribution in [2.75, 3.05) is 41.7 Å². The molecule has 8 heteroatoms. The molecule has 2 aromatic rings. The Bertz CT molecular complexity index is 802. The molecular formula is C22H26O8. The monoisotopic (exact) mass is 418 g/mol. The zero-order valence-electron chi connectivity index (χ0n) is 17.4. The van der Waals surface area contributed by atoms with Crippen LogP contribution in [0.2, 0.25) is 0 Å². The molecule has 4 atom stereocenters. The number of phenolic OH excluding ortho intramolecular Hbond substituents is 2. The molecule has 0 aromatic heterocycles. The molecule has 0 aliphatic carbocycles. The molecule has 2 aliphatic rings. The Labute approximate surface area is 174 Å². The van der Waals surface area contributed by atoms with Crippen LogP contribution in [-0.4, -0.2) is 51.9 Å². The molecule has 0 bridgehead atoms. The van der Waals surface area contributed by atoms with E-state index in [4.69, 9.17) is 28.4 Å². The summed E-state index contributed by atoms with van der Waals surface area (Å²) in [6.45, 7) is 1.02. The summed E-state index contributed by atoms with van der Waals surface area (Å²) in [5.74, 6) is 1.48. The van der Waals surface area contributed by atoms with E-state index in [1.807, 2.05) is 0 Å².